The number of benzene rings is 2. The van der Waals surface area contributed by atoms with Crippen LogP contribution in [0.5, 0.6) is 23.0 Å². The molecule has 0 aliphatic heterocycles. The average molecular weight is 841 g/mol. The van der Waals surface area contributed by atoms with Crippen molar-refractivity contribution in [1.29, 1.82) is 0 Å². The van der Waals surface area contributed by atoms with Gasteiger partial charge in [-0.1, -0.05) is 0 Å². The predicted molar refractivity (Wildman–Crippen MR) is 134 cm³/mol. The summed E-state index contributed by atoms with van der Waals surface area (Å²) in [5.41, 5.74) is -29.6. The van der Waals surface area contributed by atoms with E-state index in [1.807, 2.05) is 0 Å². The summed E-state index contributed by atoms with van der Waals surface area (Å²) in [4.78, 5) is 27.0. The van der Waals surface area contributed by atoms with E-state index in [4.69, 9.17) is 0 Å². The molecule has 0 spiro atoms. The number of alkyl halides is 12. The Morgan fingerprint density at radius 2 is 0.647 bits per heavy atom. The van der Waals surface area contributed by atoms with Crippen molar-refractivity contribution in [2.75, 3.05) is 0 Å². The third kappa shape index (κ3) is 7.08. The maximum absolute atomic E-state index is 13.5. The van der Waals surface area contributed by atoms with Crippen molar-refractivity contribution in [1.82, 2.24) is 0 Å². The summed E-state index contributed by atoms with van der Waals surface area (Å²) in [6, 6.07) is -0.363. The Balaban J connectivity index is 1.98. The molecular formula is C21H8F12O14S4. The van der Waals surface area contributed by atoms with Crippen molar-refractivity contribution in [2.45, 2.75) is 40.3 Å². The zero-order valence-corrected chi connectivity index (χ0v) is 26.3. The van der Waals surface area contributed by atoms with Gasteiger partial charge in [-0.15, -0.1) is 0 Å². The van der Waals surface area contributed by atoms with Gasteiger partial charge in [-0.2, -0.15) is 86.4 Å². The third-order valence-corrected chi connectivity index (χ3v) is 10.4. The molecule has 0 amide bonds. The first-order valence-electron chi connectivity index (χ1n) is 12.1. The Hall–Kier alpha value is -4.06. The molecule has 2 unspecified atom stereocenters. The van der Waals surface area contributed by atoms with Crippen LogP contribution in [0.3, 0.4) is 0 Å². The quantitative estimate of drug-likeness (QED) is 0.207. The van der Waals surface area contributed by atoms with E-state index in [0.29, 0.717) is 0 Å². The maximum atomic E-state index is 13.5. The van der Waals surface area contributed by atoms with Crippen LogP contribution < -0.4 is 16.7 Å². The SMILES string of the molecule is O=C1c2cc(OS(=O)(=O)C(F)(F)F)c(OS(=O)(=O)C(F)(F)F)cc2C2CC1c1cc(OS(=O)(=O)C(F)(F)F)c(OS(=O)(=O)C(F)(F)F)cc1C2=O. The minimum Gasteiger partial charge on any atom is -0.372 e. The van der Waals surface area contributed by atoms with Crippen LogP contribution in [-0.2, 0) is 40.5 Å². The van der Waals surface area contributed by atoms with E-state index in [1.165, 1.54) is 0 Å². The maximum Gasteiger partial charge on any atom is 0.534 e. The summed E-state index contributed by atoms with van der Waals surface area (Å²) in [6.07, 6.45) is -0.948. The Bertz CT molecular complexity index is 2130. The van der Waals surface area contributed by atoms with Crippen molar-refractivity contribution in [2.24, 2.45) is 0 Å². The van der Waals surface area contributed by atoms with Gasteiger partial charge in [0.1, 0.15) is 0 Å². The van der Waals surface area contributed by atoms with Gasteiger partial charge in [0.05, 0.1) is 0 Å². The van der Waals surface area contributed by atoms with Crippen LogP contribution >= 0.6 is 0 Å². The average Bonchev–Trinajstić information content (AvgIpc) is 2.91. The predicted octanol–water partition coefficient (Wildman–Crippen LogP) is 4.25. The zero-order chi connectivity index (χ0) is 39.3. The summed E-state index contributed by atoms with van der Waals surface area (Å²) in [5, 5.41) is 0. The second kappa shape index (κ2) is 11.7. The topological polar surface area (TPSA) is 208 Å². The zero-order valence-electron chi connectivity index (χ0n) is 23.1. The molecule has 2 aromatic rings. The fraction of sp³-hybridized carbons (Fsp3) is 0.333. The number of rotatable bonds is 8. The molecule has 0 heterocycles. The second-order valence-electron chi connectivity index (χ2n) is 9.77. The van der Waals surface area contributed by atoms with Gasteiger partial charge in [-0.05, 0) is 41.8 Å². The highest BCUT2D eigenvalue weighted by Gasteiger charge is 2.54. The van der Waals surface area contributed by atoms with Gasteiger partial charge < -0.3 is 16.7 Å². The van der Waals surface area contributed by atoms with Gasteiger partial charge >= 0.3 is 62.5 Å². The van der Waals surface area contributed by atoms with Crippen LogP contribution in [0.15, 0.2) is 24.3 Å². The first-order chi connectivity index (χ1) is 22.6. The van der Waals surface area contributed by atoms with Crippen LogP contribution in [0.25, 0.3) is 0 Å². The lowest BCUT2D eigenvalue weighted by molar-refractivity contribution is -0.0513. The van der Waals surface area contributed by atoms with E-state index in [0.717, 1.165) is 0 Å². The van der Waals surface area contributed by atoms with E-state index < -0.39 is 138 Å². The molecule has 14 nitrogen and oxygen atoms in total. The van der Waals surface area contributed by atoms with Crippen LogP contribution in [0, 0.1) is 0 Å². The number of fused-ring (bicyclic) bond motifs is 6. The number of carbonyl (C=O) groups is 2. The van der Waals surface area contributed by atoms with Crippen molar-refractivity contribution in [3.8, 4) is 23.0 Å². The Morgan fingerprint density at radius 3 is 0.863 bits per heavy atom. The Kier molecular flexibility index (Phi) is 9.14. The van der Waals surface area contributed by atoms with E-state index in [9.17, 15) is 95.9 Å². The molecule has 30 heteroatoms. The van der Waals surface area contributed by atoms with Gasteiger partial charge in [0.2, 0.25) is 0 Å². The third-order valence-electron chi connectivity index (χ3n) is 6.55. The van der Waals surface area contributed by atoms with E-state index in [2.05, 4.69) is 16.7 Å². The summed E-state index contributed by atoms with van der Waals surface area (Å²) in [7, 11) is -27.6. The monoisotopic (exact) mass is 840 g/mol. The largest absolute Gasteiger partial charge is 0.534 e. The molecule has 0 N–H and O–H groups in total. The Morgan fingerprint density at radius 1 is 0.431 bits per heavy atom. The molecule has 0 saturated carbocycles. The molecule has 0 fully saturated rings. The highest BCUT2D eigenvalue weighted by molar-refractivity contribution is 7.88. The molecule has 2 aliphatic carbocycles. The van der Waals surface area contributed by atoms with Gasteiger partial charge in [-0.3, -0.25) is 9.59 Å². The molecular weight excluding hydrogens is 832 g/mol. The standard InChI is InChI=1S/C21H8F12O14S4/c22-18(23,24)48(36,37)44-12-2-6-8-1-9(17(35)10(6)4-14(12)46-50(40,41)20(28,29)30)7-3-13(45-49(38,39)19(25,26)27)15(5-11(7)16(8)34)47-51(42,43)21(31,32)33/h2-5,8-9H,1H2. The van der Waals surface area contributed by atoms with Crippen LogP contribution in [0.4, 0.5) is 52.7 Å². The molecule has 0 aromatic heterocycles. The first kappa shape index (κ1) is 39.7. The summed E-state index contributed by atoms with van der Waals surface area (Å²) < 4.78 is 264. The minimum atomic E-state index is -6.89. The molecule has 2 aromatic carbocycles. The number of halogens is 12. The van der Waals surface area contributed by atoms with Crippen molar-refractivity contribution in [3.05, 3.63) is 46.5 Å². The number of hydrogen-bond acceptors (Lipinski definition) is 14. The van der Waals surface area contributed by atoms with Crippen LogP contribution in [-0.4, -0.2) is 67.3 Å². The van der Waals surface area contributed by atoms with Gasteiger partial charge in [0.25, 0.3) is 0 Å². The fourth-order valence-electron chi connectivity index (χ4n) is 4.44. The lowest BCUT2D eigenvalue weighted by atomic mass is 9.65. The summed E-state index contributed by atoms with van der Waals surface area (Å²) in [6.45, 7) is 0. The first-order valence-corrected chi connectivity index (χ1v) is 17.7. The van der Waals surface area contributed by atoms with E-state index in [-0.39, 0.29) is 24.3 Å². The molecule has 2 aliphatic rings. The van der Waals surface area contributed by atoms with Crippen LogP contribution in [0.2, 0.25) is 0 Å². The lowest BCUT2D eigenvalue weighted by Gasteiger charge is -2.36. The second-order valence-corrected chi connectivity index (χ2v) is 15.9. The molecule has 51 heavy (non-hydrogen) atoms. The van der Waals surface area contributed by atoms with Gasteiger partial charge in [0, 0.05) is 23.0 Å². The summed E-state index contributed by atoms with van der Waals surface area (Å²) >= 11 is 0. The van der Waals surface area contributed by atoms with Crippen molar-refractivity contribution < 1.29 is 113 Å². The summed E-state index contributed by atoms with van der Waals surface area (Å²) in [5.74, 6) is -15.3. The molecule has 284 valence electrons. The van der Waals surface area contributed by atoms with Gasteiger partial charge in [0.15, 0.2) is 34.6 Å². The number of carbonyl (C=O) groups excluding carboxylic acids is 2. The normalized spacial score (nSPS) is 18.8. The number of hydrogen-bond donors (Lipinski definition) is 0. The Labute approximate surface area is 274 Å². The minimum absolute atomic E-state index is 0.0551. The molecule has 0 radical (unpaired) electrons. The molecule has 4 rings (SSSR count). The molecule has 2 bridgehead atoms. The lowest BCUT2D eigenvalue weighted by Crippen LogP contribution is -2.35. The van der Waals surface area contributed by atoms with E-state index >= 15 is 0 Å². The fourth-order valence-corrected chi connectivity index (χ4v) is 6.28. The molecule has 2 atom stereocenters. The van der Waals surface area contributed by atoms with Crippen LogP contribution in [0.1, 0.15) is 50.1 Å². The molecule has 0 saturated heterocycles. The van der Waals surface area contributed by atoms with Crippen molar-refractivity contribution in [3.63, 3.8) is 0 Å². The van der Waals surface area contributed by atoms with Gasteiger partial charge in [-0.25, -0.2) is 0 Å². The number of ketones is 2. The highest BCUT2D eigenvalue weighted by Crippen LogP contribution is 2.52. The van der Waals surface area contributed by atoms with E-state index in [1.54, 1.807) is 0 Å². The smallest absolute Gasteiger partial charge is 0.372 e. The van der Waals surface area contributed by atoms with Crippen molar-refractivity contribution >= 4 is 52.0 Å². The highest BCUT2D eigenvalue weighted by atomic mass is 32.2. The number of Topliss-reactive ketones (excluding diaryl/α,β-unsaturated/α-hetero) is 2.